The van der Waals surface area contributed by atoms with Crippen LogP contribution in [-0.2, 0) is 0 Å². The molecule has 0 saturated heterocycles. The van der Waals surface area contributed by atoms with Crippen molar-refractivity contribution in [3.05, 3.63) is 35.9 Å². The molecule has 0 radical (unpaired) electrons. The van der Waals surface area contributed by atoms with E-state index in [-0.39, 0.29) is 6.61 Å². The molecule has 3 nitrogen and oxygen atoms in total. The van der Waals surface area contributed by atoms with E-state index in [1.54, 1.807) is 6.08 Å². The summed E-state index contributed by atoms with van der Waals surface area (Å²) in [4.78, 5) is 0. The first kappa shape index (κ1) is 16.6. The second kappa shape index (κ2) is 11.2. The van der Waals surface area contributed by atoms with Crippen molar-refractivity contribution in [3.63, 3.8) is 0 Å². The maximum atomic E-state index is 8.85. The molecule has 0 aliphatic carbocycles. The first-order chi connectivity index (χ1) is 7.15. The Hall–Kier alpha value is -0.835. The van der Waals surface area contributed by atoms with E-state index in [0.29, 0.717) is 11.9 Å². The summed E-state index contributed by atoms with van der Waals surface area (Å²) in [6, 6.07) is 0. The quantitative estimate of drug-likeness (QED) is 0.477. The van der Waals surface area contributed by atoms with E-state index in [1.165, 1.54) is 6.08 Å². The molecule has 0 atom stereocenters. The molecule has 3 N–H and O–H groups in total. The normalized spacial score (nSPS) is 11.6. The van der Waals surface area contributed by atoms with Gasteiger partial charge in [0.1, 0.15) is 0 Å². The van der Waals surface area contributed by atoms with Gasteiger partial charge in [0.15, 0.2) is 0 Å². The minimum atomic E-state index is -1.51. The number of aliphatic hydroxyl groups excluding tert-OH is 1. The van der Waals surface area contributed by atoms with Crippen molar-refractivity contribution >= 4 is 7.12 Å². The topological polar surface area (TPSA) is 60.7 Å². The lowest BCUT2D eigenvalue weighted by Gasteiger charge is -2.02. The molecule has 0 aliphatic rings. The standard InChI is InChI=1S/C9H15BO3.C2H6/c1-3-8(5-6-11)7-9(4-2)10(12)13;1-2/h3-4,7,11-13H,2,5-6H2,1H3;1-2H3/b8-3-,9-7+;. The second-order valence-corrected chi connectivity index (χ2v) is 2.56. The highest BCUT2D eigenvalue weighted by molar-refractivity contribution is 6.51. The van der Waals surface area contributed by atoms with E-state index < -0.39 is 7.12 Å². The summed E-state index contributed by atoms with van der Waals surface area (Å²) in [6.45, 7) is 9.32. The summed E-state index contributed by atoms with van der Waals surface area (Å²) >= 11 is 0. The molecule has 0 bridgehead atoms. The number of rotatable bonds is 5. The highest BCUT2D eigenvalue weighted by Crippen LogP contribution is 2.08. The molecular formula is C11H21BO3. The molecule has 0 saturated carbocycles. The van der Waals surface area contributed by atoms with Crippen molar-refractivity contribution in [1.29, 1.82) is 0 Å². The van der Waals surface area contributed by atoms with Crippen LogP contribution in [0, 0.1) is 0 Å². The largest absolute Gasteiger partial charge is 0.488 e. The number of aliphatic hydroxyl groups is 1. The smallest absolute Gasteiger partial charge is 0.423 e. The molecular weight excluding hydrogens is 191 g/mol. The van der Waals surface area contributed by atoms with E-state index in [0.717, 1.165) is 5.57 Å². The molecule has 0 amide bonds. The van der Waals surface area contributed by atoms with Gasteiger partial charge in [-0.25, -0.2) is 0 Å². The summed E-state index contributed by atoms with van der Waals surface area (Å²) in [5.41, 5.74) is 1.19. The van der Waals surface area contributed by atoms with Crippen LogP contribution in [0.1, 0.15) is 27.2 Å². The maximum absolute atomic E-state index is 8.85. The fraction of sp³-hybridized carbons (Fsp3) is 0.455. The zero-order valence-corrected chi connectivity index (χ0v) is 9.77. The molecule has 0 fully saturated rings. The Balaban J connectivity index is 0. The van der Waals surface area contributed by atoms with Gasteiger partial charge < -0.3 is 15.2 Å². The van der Waals surface area contributed by atoms with Crippen molar-refractivity contribution in [3.8, 4) is 0 Å². The number of hydrogen-bond acceptors (Lipinski definition) is 3. The van der Waals surface area contributed by atoms with Gasteiger partial charge in [-0.1, -0.05) is 44.2 Å². The molecule has 0 spiro atoms. The van der Waals surface area contributed by atoms with E-state index in [4.69, 9.17) is 15.2 Å². The lowest BCUT2D eigenvalue weighted by molar-refractivity contribution is 0.300. The van der Waals surface area contributed by atoms with E-state index in [9.17, 15) is 0 Å². The van der Waals surface area contributed by atoms with Crippen LogP contribution >= 0.6 is 0 Å². The molecule has 0 aliphatic heterocycles. The highest BCUT2D eigenvalue weighted by atomic mass is 16.4. The van der Waals surface area contributed by atoms with Crippen molar-refractivity contribution in [2.45, 2.75) is 27.2 Å². The van der Waals surface area contributed by atoms with Crippen LogP contribution < -0.4 is 0 Å². The predicted octanol–water partition coefficient (Wildman–Crippen LogP) is 1.47. The average molecular weight is 212 g/mol. The Bertz CT molecular complexity index is 220. The summed E-state index contributed by atoms with van der Waals surface area (Å²) in [5.74, 6) is 0. The molecule has 0 unspecified atom stereocenters. The van der Waals surface area contributed by atoms with Gasteiger partial charge in [0.05, 0.1) is 0 Å². The van der Waals surface area contributed by atoms with Gasteiger partial charge in [-0.05, 0) is 18.8 Å². The summed E-state index contributed by atoms with van der Waals surface area (Å²) < 4.78 is 0. The minimum Gasteiger partial charge on any atom is -0.423 e. The van der Waals surface area contributed by atoms with E-state index in [2.05, 4.69) is 6.58 Å². The van der Waals surface area contributed by atoms with Gasteiger partial charge >= 0.3 is 7.12 Å². The van der Waals surface area contributed by atoms with Gasteiger partial charge in [-0.15, -0.1) is 0 Å². The molecule has 15 heavy (non-hydrogen) atoms. The van der Waals surface area contributed by atoms with Gasteiger partial charge in [-0.3, -0.25) is 0 Å². The lowest BCUT2D eigenvalue weighted by Crippen LogP contribution is -2.13. The Labute approximate surface area is 92.6 Å². The zero-order chi connectivity index (χ0) is 12.3. The zero-order valence-electron chi connectivity index (χ0n) is 9.77. The first-order valence-corrected chi connectivity index (χ1v) is 5.12. The summed E-state index contributed by atoms with van der Waals surface area (Å²) in [5, 5.41) is 26.4. The Kier molecular flexibility index (Phi) is 12.4. The third-order valence-electron chi connectivity index (χ3n) is 1.66. The first-order valence-electron chi connectivity index (χ1n) is 5.12. The molecule has 0 aromatic heterocycles. The van der Waals surface area contributed by atoms with Crippen LogP contribution in [0.15, 0.2) is 35.9 Å². The molecule has 0 aromatic carbocycles. The SMILES string of the molecule is C=C/C(=C\C(=C/C)CCO)B(O)O.CC. The van der Waals surface area contributed by atoms with Crippen molar-refractivity contribution in [2.24, 2.45) is 0 Å². The van der Waals surface area contributed by atoms with Crippen LogP contribution in [0.5, 0.6) is 0 Å². The van der Waals surface area contributed by atoms with Crippen LogP contribution in [0.3, 0.4) is 0 Å². The second-order valence-electron chi connectivity index (χ2n) is 2.56. The average Bonchev–Trinajstić information content (AvgIpc) is 2.26. The third-order valence-corrected chi connectivity index (χ3v) is 1.66. The van der Waals surface area contributed by atoms with Crippen molar-refractivity contribution in [2.75, 3.05) is 6.61 Å². The predicted molar refractivity (Wildman–Crippen MR) is 65.3 cm³/mol. The minimum absolute atomic E-state index is 0.0438. The van der Waals surface area contributed by atoms with E-state index >= 15 is 0 Å². The Morgan fingerprint density at radius 3 is 2.13 bits per heavy atom. The third kappa shape index (κ3) is 8.18. The maximum Gasteiger partial charge on any atom is 0.488 e. The van der Waals surface area contributed by atoms with Crippen LogP contribution in [-0.4, -0.2) is 28.9 Å². The summed E-state index contributed by atoms with van der Waals surface area (Å²) in [7, 11) is -1.51. The molecule has 0 heterocycles. The Morgan fingerprint density at radius 2 is 1.87 bits per heavy atom. The molecule has 0 aromatic rings. The van der Waals surface area contributed by atoms with Gasteiger partial charge in [0, 0.05) is 6.61 Å². The molecule has 0 rings (SSSR count). The molecule has 4 heteroatoms. The van der Waals surface area contributed by atoms with Gasteiger partial charge in [-0.2, -0.15) is 0 Å². The van der Waals surface area contributed by atoms with Crippen LogP contribution in [0.4, 0.5) is 0 Å². The Morgan fingerprint density at radius 1 is 1.33 bits per heavy atom. The molecule has 86 valence electrons. The van der Waals surface area contributed by atoms with Crippen molar-refractivity contribution < 1.29 is 15.2 Å². The monoisotopic (exact) mass is 212 g/mol. The summed E-state index contributed by atoms with van der Waals surface area (Å²) in [6.07, 6.45) is 5.29. The van der Waals surface area contributed by atoms with Crippen LogP contribution in [0.2, 0.25) is 0 Å². The van der Waals surface area contributed by atoms with Gasteiger partial charge in [0.2, 0.25) is 0 Å². The highest BCUT2D eigenvalue weighted by Gasteiger charge is 2.10. The number of allylic oxidation sites excluding steroid dienone is 4. The van der Waals surface area contributed by atoms with E-state index in [1.807, 2.05) is 26.8 Å². The van der Waals surface area contributed by atoms with Gasteiger partial charge in [0.25, 0.3) is 0 Å². The van der Waals surface area contributed by atoms with Crippen molar-refractivity contribution in [1.82, 2.24) is 0 Å². The lowest BCUT2D eigenvalue weighted by atomic mass is 9.78. The van der Waals surface area contributed by atoms with Crippen LogP contribution in [0.25, 0.3) is 0 Å². The number of hydrogen-bond donors (Lipinski definition) is 3. The fourth-order valence-corrected chi connectivity index (χ4v) is 0.882. The fourth-order valence-electron chi connectivity index (χ4n) is 0.882.